The maximum atomic E-state index is 12.5. The van der Waals surface area contributed by atoms with Crippen molar-refractivity contribution < 1.29 is 18.0 Å². The molecule has 2 rings (SSSR count). The summed E-state index contributed by atoms with van der Waals surface area (Å²) in [5.41, 5.74) is 2.65. The number of alkyl halides is 3. The van der Waals surface area contributed by atoms with Crippen molar-refractivity contribution in [2.75, 3.05) is 17.2 Å². The summed E-state index contributed by atoms with van der Waals surface area (Å²) < 4.78 is 37.5. The number of halogens is 3. The second kappa shape index (κ2) is 7.38. The predicted molar refractivity (Wildman–Crippen MR) is 89.1 cm³/mol. The zero-order valence-corrected chi connectivity index (χ0v) is 13.5. The maximum Gasteiger partial charge on any atom is 0.416 e. The average molecular weight is 336 g/mol. The molecule has 1 amide bonds. The van der Waals surface area contributed by atoms with Crippen LogP contribution in [0.25, 0.3) is 0 Å². The quantitative estimate of drug-likeness (QED) is 0.836. The highest BCUT2D eigenvalue weighted by atomic mass is 19.4. The molecule has 0 spiro atoms. The van der Waals surface area contributed by atoms with Gasteiger partial charge in [-0.05, 0) is 48.7 Å². The van der Waals surface area contributed by atoms with Crippen LogP contribution < -0.4 is 10.6 Å². The third kappa shape index (κ3) is 4.50. The van der Waals surface area contributed by atoms with Crippen LogP contribution in [0.5, 0.6) is 0 Å². The topological polar surface area (TPSA) is 41.1 Å². The smallest absolute Gasteiger partial charge is 0.376 e. The van der Waals surface area contributed by atoms with Gasteiger partial charge in [-0.1, -0.05) is 25.1 Å². The van der Waals surface area contributed by atoms with Crippen LogP contribution >= 0.6 is 0 Å². The Kier molecular flexibility index (Phi) is 5.49. The summed E-state index contributed by atoms with van der Waals surface area (Å²) in [6.45, 7) is 4.02. The van der Waals surface area contributed by atoms with Gasteiger partial charge in [-0.3, -0.25) is 4.79 Å². The van der Waals surface area contributed by atoms with E-state index in [2.05, 4.69) is 10.6 Å². The average Bonchev–Trinajstić information content (AvgIpc) is 2.53. The zero-order valence-electron chi connectivity index (χ0n) is 13.5. The third-order valence-corrected chi connectivity index (χ3v) is 3.66. The van der Waals surface area contributed by atoms with Gasteiger partial charge in [-0.25, -0.2) is 0 Å². The first kappa shape index (κ1) is 17.8. The molecule has 0 heterocycles. The van der Waals surface area contributed by atoms with Crippen molar-refractivity contribution in [1.29, 1.82) is 0 Å². The van der Waals surface area contributed by atoms with Crippen molar-refractivity contribution in [2.24, 2.45) is 0 Å². The van der Waals surface area contributed by atoms with Crippen LogP contribution in [0.1, 0.15) is 23.6 Å². The summed E-state index contributed by atoms with van der Waals surface area (Å²) in [4.78, 5) is 12.0. The van der Waals surface area contributed by atoms with Crippen LogP contribution in [0.2, 0.25) is 0 Å². The van der Waals surface area contributed by atoms with Gasteiger partial charge in [0.2, 0.25) is 5.91 Å². The van der Waals surface area contributed by atoms with Crippen molar-refractivity contribution in [1.82, 2.24) is 0 Å². The van der Waals surface area contributed by atoms with Gasteiger partial charge in [0.15, 0.2) is 0 Å². The van der Waals surface area contributed by atoms with E-state index in [0.717, 1.165) is 35.4 Å². The van der Waals surface area contributed by atoms with E-state index in [0.29, 0.717) is 5.69 Å². The molecular formula is C18H19F3N2O. The zero-order chi connectivity index (χ0) is 17.7. The second-order valence-electron chi connectivity index (χ2n) is 5.44. The molecule has 2 aromatic carbocycles. The SMILES string of the molecule is CCc1cccc(C)c1NCC(=O)Nc1ccc(C(F)(F)F)cc1. The van der Waals surface area contributed by atoms with Crippen molar-refractivity contribution in [3.05, 3.63) is 59.2 Å². The van der Waals surface area contributed by atoms with E-state index in [4.69, 9.17) is 0 Å². The van der Waals surface area contributed by atoms with Crippen LogP contribution in [0, 0.1) is 6.92 Å². The number of hydrogen-bond acceptors (Lipinski definition) is 2. The number of anilines is 2. The molecule has 0 aromatic heterocycles. The molecule has 0 bridgehead atoms. The molecule has 0 fully saturated rings. The predicted octanol–water partition coefficient (Wildman–Crippen LogP) is 4.63. The lowest BCUT2D eigenvalue weighted by molar-refractivity contribution is -0.137. The minimum absolute atomic E-state index is 0.0406. The molecular weight excluding hydrogens is 317 g/mol. The normalized spacial score (nSPS) is 11.2. The van der Waals surface area contributed by atoms with Crippen LogP contribution in [-0.4, -0.2) is 12.5 Å². The monoisotopic (exact) mass is 336 g/mol. The Morgan fingerprint density at radius 2 is 1.75 bits per heavy atom. The summed E-state index contributed by atoms with van der Waals surface area (Å²) in [7, 11) is 0. The first-order valence-corrected chi connectivity index (χ1v) is 7.60. The number of amides is 1. The molecule has 2 N–H and O–H groups in total. The maximum absolute atomic E-state index is 12.5. The molecule has 2 aromatic rings. The Morgan fingerprint density at radius 3 is 2.33 bits per heavy atom. The molecule has 24 heavy (non-hydrogen) atoms. The Balaban J connectivity index is 1.97. The van der Waals surface area contributed by atoms with E-state index in [1.165, 1.54) is 12.1 Å². The minimum atomic E-state index is -4.38. The first-order valence-electron chi connectivity index (χ1n) is 7.60. The van der Waals surface area contributed by atoms with Gasteiger partial charge in [0.05, 0.1) is 12.1 Å². The van der Waals surface area contributed by atoms with Crippen molar-refractivity contribution in [3.63, 3.8) is 0 Å². The number of rotatable bonds is 5. The van der Waals surface area contributed by atoms with Crippen LogP contribution in [0.15, 0.2) is 42.5 Å². The lowest BCUT2D eigenvalue weighted by Crippen LogP contribution is -2.22. The van der Waals surface area contributed by atoms with E-state index < -0.39 is 11.7 Å². The number of nitrogens with one attached hydrogen (secondary N) is 2. The molecule has 0 aliphatic carbocycles. The fourth-order valence-electron chi connectivity index (χ4n) is 2.39. The molecule has 0 aliphatic rings. The van der Waals surface area contributed by atoms with Crippen molar-refractivity contribution >= 4 is 17.3 Å². The minimum Gasteiger partial charge on any atom is -0.376 e. The Bertz CT molecular complexity index is 709. The highest BCUT2D eigenvalue weighted by molar-refractivity contribution is 5.94. The highest BCUT2D eigenvalue weighted by Gasteiger charge is 2.29. The lowest BCUT2D eigenvalue weighted by atomic mass is 10.1. The van der Waals surface area contributed by atoms with Gasteiger partial charge in [0, 0.05) is 11.4 Å². The summed E-state index contributed by atoms with van der Waals surface area (Å²) in [6.07, 6.45) is -3.55. The first-order chi connectivity index (χ1) is 11.3. The van der Waals surface area contributed by atoms with Crippen molar-refractivity contribution in [3.8, 4) is 0 Å². The molecule has 0 unspecified atom stereocenters. The van der Waals surface area contributed by atoms with E-state index in [1.807, 2.05) is 32.0 Å². The summed E-state index contributed by atoms with van der Waals surface area (Å²) in [5.74, 6) is -0.319. The van der Waals surface area contributed by atoms with Gasteiger partial charge in [0.25, 0.3) is 0 Å². The number of benzene rings is 2. The van der Waals surface area contributed by atoms with Crippen molar-refractivity contribution in [2.45, 2.75) is 26.4 Å². The Morgan fingerprint density at radius 1 is 1.08 bits per heavy atom. The molecule has 0 radical (unpaired) electrons. The van der Waals surface area contributed by atoms with Gasteiger partial charge in [0.1, 0.15) is 0 Å². The molecule has 3 nitrogen and oxygen atoms in total. The number of carbonyl (C=O) groups is 1. The molecule has 0 aliphatic heterocycles. The third-order valence-electron chi connectivity index (χ3n) is 3.66. The van der Waals surface area contributed by atoms with Crippen LogP contribution in [0.4, 0.5) is 24.5 Å². The molecule has 128 valence electrons. The Hall–Kier alpha value is -2.50. The number of hydrogen-bond donors (Lipinski definition) is 2. The number of carbonyl (C=O) groups excluding carboxylic acids is 1. The Labute approximate surface area is 138 Å². The summed E-state index contributed by atoms with van der Waals surface area (Å²) in [6, 6.07) is 10.3. The number of para-hydroxylation sites is 1. The van der Waals surface area contributed by atoms with E-state index in [-0.39, 0.29) is 12.5 Å². The fourth-order valence-corrected chi connectivity index (χ4v) is 2.39. The van der Waals surface area contributed by atoms with Crippen LogP contribution in [-0.2, 0) is 17.4 Å². The fraction of sp³-hybridized carbons (Fsp3) is 0.278. The second-order valence-corrected chi connectivity index (χ2v) is 5.44. The van der Waals surface area contributed by atoms with Crippen LogP contribution in [0.3, 0.4) is 0 Å². The van der Waals surface area contributed by atoms with Gasteiger partial charge in [-0.2, -0.15) is 13.2 Å². The van der Waals surface area contributed by atoms with E-state index in [9.17, 15) is 18.0 Å². The lowest BCUT2D eigenvalue weighted by Gasteiger charge is -2.14. The molecule has 0 atom stereocenters. The molecule has 0 saturated carbocycles. The standard InChI is InChI=1S/C18H19F3N2O/c1-3-13-6-4-5-12(2)17(13)22-11-16(24)23-15-9-7-14(8-10-15)18(19,20)21/h4-10,22H,3,11H2,1-2H3,(H,23,24). The van der Waals surface area contributed by atoms with Gasteiger partial charge >= 0.3 is 6.18 Å². The highest BCUT2D eigenvalue weighted by Crippen LogP contribution is 2.29. The largest absolute Gasteiger partial charge is 0.416 e. The van der Waals surface area contributed by atoms with Gasteiger partial charge < -0.3 is 10.6 Å². The van der Waals surface area contributed by atoms with Gasteiger partial charge in [-0.15, -0.1) is 0 Å². The molecule has 0 saturated heterocycles. The van der Waals surface area contributed by atoms with E-state index >= 15 is 0 Å². The summed E-state index contributed by atoms with van der Waals surface area (Å²) >= 11 is 0. The molecule has 6 heteroatoms. The van der Waals surface area contributed by atoms with E-state index in [1.54, 1.807) is 0 Å². The number of aryl methyl sites for hydroxylation is 2. The summed E-state index contributed by atoms with van der Waals surface area (Å²) in [5, 5.41) is 5.68.